The first-order valence-corrected chi connectivity index (χ1v) is 4.48. The first kappa shape index (κ1) is 7.86. The van der Waals surface area contributed by atoms with Crippen molar-refractivity contribution >= 4 is 5.96 Å². The van der Waals surface area contributed by atoms with Gasteiger partial charge in [-0.05, 0) is 12.8 Å². The molecule has 1 aliphatic carbocycles. The van der Waals surface area contributed by atoms with E-state index in [0.29, 0.717) is 6.61 Å². The molecule has 0 amide bonds. The summed E-state index contributed by atoms with van der Waals surface area (Å²) in [6, 6.07) is 0. The maximum atomic E-state index is 9.03. The van der Waals surface area contributed by atoms with E-state index in [1.165, 1.54) is 0 Å². The lowest BCUT2D eigenvalue weighted by molar-refractivity contribution is 0.212. The zero-order chi connectivity index (χ0) is 8.44. The molecule has 0 aromatic heterocycles. The Bertz CT molecular complexity index is 198. The van der Waals surface area contributed by atoms with E-state index in [4.69, 9.17) is 5.11 Å². The second-order valence-corrected chi connectivity index (χ2v) is 3.67. The second-order valence-electron chi connectivity index (χ2n) is 3.67. The van der Waals surface area contributed by atoms with Gasteiger partial charge in [-0.25, -0.2) is 0 Å². The van der Waals surface area contributed by atoms with Crippen LogP contribution in [0.2, 0.25) is 0 Å². The van der Waals surface area contributed by atoms with E-state index >= 15 is 0 Å². The quantitative estimate of drug-likeness (QED) is 0.524. The highest BCUT2D eigenvalue weighted by atomic mass is 16.3. The number of aliphatic hydroxyl groups is 1. The number of hydrogen-bond donors (Lipinski definition) is 3. The van der Waals surface area contributed by atoms with Crippen molar-refractivity contribution < 1.29 is 5.11 Å². The average molecular weight is 169 g/mol. The molecule has 1 aliphatic heterocycles. The smallest absolute Gasteiger partial charge is 0.191 e. The maximum Gasteiger partial charge on any atom is 0.191 e. The molecule has 0 atom stereocenters. The highest BCUT2D eigenvalue weighted by Crippen LogP contribution is 2.44. The SMILES string of the molecule is OCC1(CNC2=NCCN2)CC1. The Morgan fingerprint density at radius 3 is 2.92 bits per heavy atom. The third-order valence-electron chi connectivity index (χ3n) is 2.60. The average Bonchev–Trinajstić information content (AvgIpc) is 2.70. The fourth-order valence-electron chi connectivity index (χ4n) is 1.36. The lowest BCUT2D eigenvalue weighted by Gasteiger charge is -2.13. The summed E-state index contributed by atoms with van der Waals surface area (Å²) >= 11 is 0. The molecule has 4 nitrogen and oxygen atoms in total. The number of guanidine groups is 1. The van der Waals surface area contributed by atoms with Crippen molar-refractivity contribution in [2.24, 2.45) is 10.4 Å². The first-order chi connectivity index (χ1) is 5.85. The van der Waals surface area contributed by atoms with Crippen molar-refractivity contribution in [2.75, 3.05) is 26.2 Å². The van der Waals surface area contributed by atoms with Crippen LogP contribution in [0.15, 0.2) is 4.99 Å². The molecule has 0 bridgehead atoms. The standard InChI is InChI=1S/C8H15N3O/c12-6-8(1-2-8)5-11-7-9-3-4-10-7/h12H,1-6H2,(H2,9,10,11). The van der Waals surface area contributed by atoms with Gasteiger partial charge in [-0.15, -0.1) is 0 Å². The van der Waals surface area contributed by atoms with E-state index in [1.807, 2.05) is 0 Å². The minimum absolute atomic E-state index is 0.173. The van der Waals surface area contributed by atoms with E-state index in [2.05, 4.69) is 15.6 Å². The molecule has 1 fully saturated rings. The second kappa shape index (κ2) is 2.94. The van der Waals surface area contributed by atoms with Crippen LogP contribution in [-0.4, -0.2) is 37.3 Å². The molecule has 0 saturated heterocycles. The van der Waals surface area contributed by atoms with E-state index in [1.54, 1.807) is 0 Å². The molecule has 2 rings (SSSR count). The molecule has 12 heavy (non-hydrogen) atoms. The number of aliphatic imine (C=N–C) groups is 1. The van der Waals surface area contributed by atoms with Crippen molar-refractivity contribution in [1.29, 1.82) is 0 Å². The summed E-state index contributed by atoms with van der Waals surface area (Å²) < 4.78 is 0. The summed E-state index contributed by atoms with van der Waals surface area (Å²) in [7, 11) is 0. The van der Waals surface area contributed by atoms with E-state index in [9.17, 15) is 0 Å². The highest BCUT2D eigenvalue weighted by Gasteiger charge is 2.41. The van der Waals surface area contributed by atoms with Crippen molar-refractivity contribution in [3.8, 4) is 0 Å². The van der Waals surface area contributed by atoms with Crippen LogP contribution in [0.4, 0.5) is 0 Å². The molecular formula is C8H15N3O. The summed E-state index contributed by atoms with van der Waals surface area (Å²) in [4.78, 5) is 4.21. The summed E-state index contributed by atoms with van der Waals surface area (Å²) in [5.74, 6) is 0.898. The van der Waals surface area contributed by atoms with Gasteiger partial charge in [0.25, 0.3) is 0 Å². The molecule has 0 radical (unpaired) electrons. The predicted octanol–water partition coefficient (Wildman–Crippen LogP) is -0.692. The number of nitrogens with zero attached hydrogens (tertiary/aromatic N) is 1. The maximum absolute atomic E-state index is 9.03. The zero-order valence-corrected chi connectivity index (χ0v) is 7.14. The Morgan fingerprint density at radius 2 is 2.42 bits per heavy atom. The topological polar surface area (TPSA) is 56.6 Å². The molecule has 0 aromatic rings. The van der Waals surface area contributed by atoms with Crippen molar-refractivity contribution in [1.82, 2.24) is 10.6 Å². The van der Waals surface area contributed by atoms with Crippen molar-refractivity contribution in [3.05, 3.63) is 0 Å². The largest absolute Gasteiger partial charge is 0.396 e. The van der Waals surface area contributed by atoms with Gasteiger partial charge in [0, 0.05) is 18.5 Å². The molecule has 0 aromatic carbocycles. The normalized spacial score (nSPS) is 24.6. The lowest BCUT2D eigenvalue weighted by atomic mass is 10.1. The van der Waals surface area contributed by atoms with Crippen LogP contribution in [0.25, 0.3) is 0 Å². The summed E-state index contributed by atoms with van der Waals surface area (Å²) in [5.41, 5.74) is 0.173. The van der Waals surface area contributed by atoms with Gasteiger partial charge in [0.15, 0.2) is 5.96 Å². The van der Waals surface area contributed by atoms with Gasteiger partial charge in [0.05, 0.1) is 13.2 Å². The van der Waals surface area contributed by atoms with Gasteiger partial charge in [0.2, 0.25) is 0 Å². The zero-order valence-electron chi connectivity index (χ0n) is 7.14. The van der Waals surface area contributed by atoms with Crippen LogP contribution in [0.3, 0.4) is 0 Å². The summed E-state index contributed by atoms with van der Waals surface area (Å²) in [6.07, 6.45) is 2.29. The lowest BCUT2D eigenvalue weighted by Crippen LogP contribution is -2.38. The van der Waals surface area contributed by atoms with Gasteiger partial charge in [-0.2, -0.15) is 0 Å². The predicted molar refractivity (Wildman–Crippen MR) is 47.1 cm³/mol. The van der Waals surface area contributed by atoms with Gasteiger partial charge in [-0.1, -0.05) is 0 Å². The fourth-order valence-corrected chi connectivity index (χ4v) is 1.36. The molecule has 1 heterocycles. The Labute approximate surface area is 72.1 Å². The van der Waals surface area contributed by atoms with Gasteiger partial charge in [0.1, 0.15) is 0 Å². The van der Waals surface area contributed by atoms with Gasteiger partial charge in [-0.3, -0.25) is 4.99 Å². The molecule has 0 spiro atoms. The molecule has 4 heteroatoms. The molecular weight excluding hydrogens is 154 g/mol. The monoisotopic (exact) mass is 169 g/mol. The molecule has 2 aliphatic rings. The van der Waals surface area contributed by atoms with Crippen LogP contribution < -0.4 is 10.6 Å². The molecule has 1 saturated carbocycles. The Kier molecular flexibility index (Phi) is 1.92. The van der Waals surface area contributed by atoms with Crippen LogP contribution in [0.1, 0.15) is 12.8 Å². The Hall–Kier alpha value is -0.770. The number of hydrogen-bond acceptors (Lipinski definition) is 4. The van der Waals surface area contributed by atoms with E-state index < -0.39 is 0 Å². The summed E-state index contributed by atoms with van der Waals surface area (Å²) in [5, 5.41) is 15.4. The van der Waals surface area contributed by atoms with Crippen molar-refractivity contribution in [2.45, 2.75) is 12.8 Å². The third-order valence-corrected chi connectivity index (χ3v) is 2.60. The Balaban J connectivity index is 1.74. The Morgan fingerprint density at radius 1 is 1.58 bits per heavy atom. The van der Waals surface area contributed by atoms with Crippen LogP contribution in [-0.2, 0) is 0 Å². The van der Waals surface area contributed by atoms with Gasteiger partial charge >= 0.3 is 0 Å². The minimum atomic E-state index is 0.173. The first-order valence-electron chi connectivity index (χ1n) is 4.48. The molecule has 3 N–H and O–H groups in total. The van der Waals surface area contributed by atoms with Crippen LogP contribution in [0.5, 0.6) is 0 Å². The van der Waals surface area contributed by atoms with Crippen LogP contribution in [0, 0.1) is 5.41 Å². The fraction of sp³-hybridized carbons (Fsp3) is 0.875. The summed E-state index contributed by atoms with van der Waals surface area (Å²) in [6.45, 7) is 2.96. The molecule has 0 unspecified atom stereocenters. The van der Waals surface area contributed by atoms with E-state index in [0.717, 1.165) is 38.4 Å². The van der Waals surface area contributed by atoms with Crippen molar-refractivity contribution in [3.63, 3.8) is 0 Å². The van der Waals surface area contributed by atoms with E-state index in [-0.39, 0.29) is 5.41 Å². The highest BCUT2D eigenvalue weighted by molar-refractivity contribution is 5.81. The van der Waals surface area contributed by atoms with Crippen LogP contribution >= 0.6 is 0 Å². The molecule has 68 valence electrons. The number of nitrogens with one attached hydrogen (secondary N) is 2. The van der Waals surface area contributed by atoms with Gasteiger partial charge < -0.3 is 15.7 Å². The third kappa shape index (κ3) is 1.53. The number of aliphatic hydroxyl groups excluding tert-OH is 1. The minimum Gasteiger partial charge on any atom is -0.396 e. The number of rotatable bonds is 3.